The first-order valence-corrected chi connectivity index (χ1v) is 10.6. The van der Waals surface area contributed by atoms with E-state index in [0.29, 0.717) is 23.7 Å². The smallest absolute Gasteiger partial charge is 0.291 e. The van der Waals surface area contributed by atoms with Gasteiger partial charge in [-0.3, -0.25) is 14.6 Å². The molecule has 0 radical (unpaired) electrons. The highest BCUT2D eigenvalue weighted by Crippen LogP contribution is 2.37. The Labute approximate surface area is 176 Å². The van der Waals surface area contributed by atoms with Crippen molar-refractivity contribution in [3.63, 3.8) is 0 Å². The number of amides is 1. The van der Waals surface area contributed by atoms with Crippen LogP contribution >= 0.6 is 11.3 Å². The molecule has 0 aliphatic heterocycles. The Morgan fingerprint density at radius 1 is 1.43 bits per heavy atom. The lowest BCUT2D eigenvalue weighted by molar-refractivity contribution is -0.0226. The van der Waals surface area contributed by atoms with E-state index >= 15 is 0 Å². The van der Waals surface area contributed by atoms with Crippen LogP contribution < -0.4 is 5.32 Å². The van der Waals surface area contributed by atoms with E-state index in [1.54, 1.807) is 30.7 Å². The third-order valence-electron chi connectivity index (χ3n) is 5.07. The van der Waals surface area contributed by atoms with Crippen molar-refractivity contribution in [2.45, 2.75) is 31.9 Å². The summed E-state index contributed by atoms with van der Waals surface area (Å²) in [7, 11) is 0. The van der Waals surface area contributed by atoms with Gasteiger partial charge in [-0.1, -0.05) is 0 Å². The van der Waals surface area contributed by atoms with Crippen LogP contribution in [0.4, 0.5) is 5.69 Å². The first-order valence-electron chi connectivity index (χ1n) is 9.72. The summed E-state index contributed by atoms with van der Waals surface area (Å²) in [5.74, 6) is 0.438. The first kappa shape index (κ1) is 18.8. The molecule has 1 aliphatic carbocycles. The van der Waals surface area contributed by atoms with E-state index in [-0.39, 0.29) is 23.8 Å². The number of rotatable bonds is 7. The fraction of sp³-hybridized carbons (Fsp3) is 0.300. The second-order valence-electron chi connectivity index (χ2n) is 7.02. The van der Waals surface area contributed by atoms with Crippen LogP contribution in [0.5, 0.6) is 0 Å². The molecule has 1 saturated carbocycles. The van der Waals surface area contributed by atoms with Crippen molar-refractivity contribution in [2.75, 3.05) is 11.9 Å². The highest BCUT2D eigenvalue weighted by Gasteiger charge is 2.33. The van der Waals surface area contributed by atoms with Crippen molar-refractivity contribution in [3.05, 3.63) is 48.1 Å². The van der Waals surface area contributed by atoms with Crippen LogP contribution in [-0.2, 0) is 4.74 Å². The van der Waals surface area contributed by atoms with E-state index in [1.165, 1.54) is 11.3 Å². The fourth-order valence-corrected chi connectivity index (χ4v) is 4.11. The van der Waals surface area contributed by atoms with Crippen LogP contribution in [0.3, 0.4) is 0 Å². The zero-order valence-electron chi connectivity index (χ0n) is 16.2. The van der Waals surface area contributed by atoms with E-state index in [4.69, 9.17) is 14.3 Å². The molecule has 2 N–H and O–H groups in total. The van der Waals surface area contributed by atoms with Gasteiger partial charge in [0.05, 0.1) is 29.6 Å². The van der Waals surface area contributed by atoms with Gasteiger partial charge in [-0.05, 0) is 31.9 Å². The summed E-state index contributed by atoms with van der Waals surface area (Å²) < 4.78 is 13.2. The van der Waals surface area contributed by atoms with Gasteiger partial charge in [0.1, 0.15) is 16.5 Å². The van der Waals surface area contributed by atoms with Crippen molar-refractivity contribution < 1.29 is 13.9 Å². The van der Waals surface area contributed by atoms with Gasteiger partial charge in [0.15, 0.2) is 5.76 Å². The topological polar surface area (TPSA) is 111 Å². The maximum Gasteiger partial charge on any atom is 0.291 e. The number of nitrogens with zero attached hydrogens (tertiary/aromatic N) is 4. The van der Waals surface area contributed by atoms with Gasteiger partial charge in [0.25, 0.3) is 5.91 Å². The summed E-state index contributed by atoms with van der Waals surface area (Å²) in [6.45, 7) is 2.72. The normalized spacial score (nSPS) is 18.3. The second kappa shape index (κ2) is 7.88. The molecule has 30 heavy (non-hydrogen) atoms. The quantitative estimate of drug-likeness (QED) is 0.464. The molecule has 1 amide bonds. The lowest BCUT2D eigenvalue weighted by Crippen LogP contribution is -2.33. The molecule has 0 aromatic carbocycles. The molecule has 1 aliphatic rings. The highest BCUT2D eigenvalue weighted by atomic mass is 32.1. The zero-order valence-corrected chi connectivity index (χ0v) is 17.1. The van der Waals surface area contributed by atoms with E-state index in [2.05, 4.69) is 20.5 Å². The summed E-state index contributed by atoms with van der Waals surface area (Å²) in [5.41, 5.74) is 2.04. The standard InChI is InChI=1S/C20H20N6O3S/c1-2-28-14-7-13(8-14)26-11-15(18(25-26)20-21-5-6-30-20)24-19(27)17-4-3-16(29-17)12-9-22-23-10-12/h3-6,9-11,13-14H,2,7-8H2,1H3,(H,22,23)(H,24,27)/t13-,14-. The number of H-pyrrole nitrogens is 1. The summed E-state index contributed by atoms with van der Waals surface area (Å²) in [6, 6.07) is 3.64. The van der Waals surface area contributed by atoms with Gasteiger partial charge in [-0.2, -0.15) is 10.2 Å². The number of ether oxygens (including phenoxy) is 1. The Bertz CT molecular complexity index is 1130. The number of aromatic amines is 1. The Kier molecular flexibility index (Phi) is 4.93. The molecule has 4 aromatic rings. The minimum atomic E-state index is -0.345. The van der Waals surface area contributed by atoms with Crippen LogP contribution in [0, 0.1) is 0 Å². The first-order chi connectivity index (χ1) is 14.7. The molecule has 4 heterocycles. The fourth-order valence-electron chi connectivity index (χ4n) is 3.48. The molecule has 10 heteroatoms. The maximum absolute atomic E-state index is 12.8. The number of anilines is 1. The predicted molar refractivity (Wildman–Crippen MR) is 111 cm³/mol. The Hall–Kier alpha value is -3.24. The summed E-state index contributed by atoms with van der Waals surface area (Å²) in [4.78, 5) is 17.2. The molecule has 0 saturated heterocycles. The third kappa shape index (κ3) is 3.55. The minimum absolute atomic E-state index is 0.212. The summed E-state index contributed by atoms with van der Waals surface area (Å²) >= 11 is 1.48. The zero-order chi connectivity index (χ0) is 20.5. The Balaban J connectivity index is 1.37. The largest absolute Gasteiger partial charge is 0.451 e. The van der Waals surface area contributed by atoms with Crippen LogP contribution in [0.2, 0.25) is 0 Å². The van der Waals surface area contributed by atoms with E-state index in [9.17, 15) is 4.79 Å². The highest BCUT2D eigenvalue weighted by molar-refractivity contribution is 7.13. The lowest BCUT2D eigenvalue weighted by Gasteiger charge is -2.34. The number of carbonyl (C=O) groups is 1. The number of hydrogen-bond donors (Lipinski definition) is 2. The minimum Gasteiger partial charge on any atom is -0.451 e. The average molecular weight is 424 g/mol. The Morgan fingerprint density at radius 2 is 2.33 bits per heavy atom. The van der Waals surface area contributed by atoms with E-state index in [1.807, 2.05) is 23.2 Å². The van der Waals surface area contributed by atoms with Gasteiger partial charge in [0, 0.05) is 30.6 Å². The number of thiazole rings is 1. The third-order valence-corrected chi connectivity index (χ3v) is 5.85. The molecule has 0 spiro atoms. The predicted octanol–water partition coefficient (Wildman–Crippen LogP) is 3.98. The summed E-state index contributed by atoms with van der Waals surface area (Å²) in [6.07, 6.45) is 9.02. The van der Waals surface area contributed by atoms with Gasteiger partial charge < -0.3 is 14.5 Å². The lowest BCUT2D eigenvalue weighted by atomic mass is 9.89. The van der Waals surface area contributed by atoms with Crippen LogP contribution in [0.25, 0.3) is 22.0 Å². The molecule has 0 bridgehead atoms. The van der Waals surface area contributed by atoms with Crippen molar-refractivity contribution in [1.29, 1.82) is 0 Å². The number of nitrogens with one attached hydrogen (secondary N) is 2. The molecular weight excluding hydrogens is 404 g/mol. The van der Waals surface area contributed by atoms with Crippen molar-refractivity contribution >= 4 is 22.9 Å². The number of furan rings is 1. The van der Waals surface area contributed by atoms with Crippen LogP contribution in [0.15, 0.2) is 46.7 Å². The number of carbonyl (C=O) groups excluding carboxylic acids is 1. The van der Waals surface area contributed by atoms with Crippen LogP contribution in [0.1, 0.15) is 36.4 Å². The molecule has 154 valence electrons. The van der Waals surface area contributed by atoms with E-state index in [0.717, 1.165) is 23.4 Å². The van der Waals surface area contributed by atoms with Gasteiger partial charge in [-0.25, -0.2) is 4.98 Å². The molecule has 0 atom stereocenters. The van der Waals surface area contributed by atoms with Crippen molar-refractivity contribution in [3.8, 4) is 22.0 Å². The van der Waals surface area contributed by atoms with Crippen molar-refractivity contribution in [2.24, 2.45) is 0 Å². The maximum atomic E-state index is 12.8. The average Bonchev–Trinajstić information content (AvgIpc) is 3.50. The molecule has 4 aromatic heterocycles. The molecule has 0 unspecified atom stereocenters. The van der Waals surface area contributed by atoms with Gasteiger partial charge >= 0.3 is 0 Å². The van der Waals surface area contributed by atoms with E-state index < -0.39 is 0 Å². The Morgan fingerprint density at radius 3 is 3.07 bits per heavy atom. The van der Waals surface area contributed by atoms with Gasteiger partial charge in [0.2, 0.25) is 0 Å². The van der Waals surface area contributed by atoms with Gasteiger partial charge in [-0.15, -0.1) is 11.3 Å². The molecular formula is C20H20N6O3S. The number of aromatic nitrogens is 5. The monoisotopic (exact) mass is 424 g/mol. The molecule has 5 rings (SSSR count). The number of hydrogen-bond acceptors (Lipinski definition) is 7. The molecule has 9 nitrogen and oxygen atoms in total. The molecule has 1 fully saturated rings. The summed E-state index contributed by atoms with van der Waals surface area (Å²) in [5, 5.41) is 16.9. The SMILES string of the molecule is CCO[C@H]1C[C@H](n2cc(NC(=O)c3ccc(-c4cn[nH]c4)o3)c(-c3nccs3)n2)C1. The second-order valence-corrected chi connectivity index (χ2v) is 7.91. The van der Waals surface area contributed by atoms with Crippen LogP contribution in [-0.4, -0.2) is 43.6 Å². The van der Waals surface area contributed by atoms with Crippen molar-refractivity contribution in [1.82, 2.24) is 25.0 Å².